The Balaban J connectivity index is 1.58. The van der Waals surface area contributed by atoms with Crippen LogP contribution in [0.25, 0.3) is 0 Å². The summed E-state index contributed by atoms with van der Waals surface area (Å²) >= 11 is 0. The molecule has 1 N–H and O–H groups in total. The average molecular weight is 375 g/mol. The maximum absolute atomic E-state index is 13.1. The van der Waals surface area contributed by atoms with Crippen LogP contribution in [0, 0.1) is 6.92 Å². The number of amides is 2. The number of nitrogens with zero attached hydrogens (tertiary/aromatic N) is 4. The Bertz CT molecular complexity index is 927. The summed E-state index contributed by atoms with van der Waals surface area (Å²) in [5.74, 6) is 1.71. The summed E-state index contributed by atoms with van der Waals surface area (Å²) in [5.41, 5.74) is 2.70. The maximum Gasteiger partial charge on any atom is 0.326 e. The minimum absolute atomic E-state index is 0.193. The SMILES string of the molecule is Cc1cccc(NC(=O)N(Cc2nc3n(n2)CCCCC3)c2ccccc2)c1. The van der Waals surface area contributed by atoms with Gasteiger partial charge in [0.05, 0.1) is 6.54 Å². The Morgan fingerprint density at radius 3 is 2.79 bits per heavy atom. The molecule has 6 nitrogen and oxygen atoms in total. The van der Waals surface area contributed by atoms with Crippen molar-refractivity contribution >= 4 is 17.4 Å². The van der Waals surface area contributed by atoms with Gasteiger partial charge in [0, 0.05) is 24.3 Å². The number of urea groups is 1. The second kappa shape index (κ2) is 8.25. The first-order valence-corrected chi connectivity index (χ1v) is 9.82. The van der Waals surface area contributed by atoms with Gasteiger partial charge in [-0.15, -0.1) is 0 Å². The Hall–Kier alpha value is -3.15. The minimum Gasteiger partial charge on any atom is -0.308 e. The molecule has 4 rings (SSSR count). The predicted molar refractivity (Wildman–Crippen MR) is 110 cm³/mol. The van der Waals surface area contributed by atoms with Gasteiger partial charge in [-0.3, -0.25) is 4.90 Å². The molecule has 6 heteroatoms. The molecule has 2 aromatic carbocycles. The number of carbonyl (C=O) groups excluding carboxylic acids is 1. The Morgan fingerprint density at radius 1 is 1.11 bits per heavy atom. The highest BCUT2D eigenvalue weighted by Crippen LogP contribution is 2.20. The van der Waals surface area contributed by atoms with Crippen LogP contribution in [0.2, 0.25) is 0 Å². The zero-order chi connectivity index (χ0) is 19.3. The molecule has 1 aliphatic heterocycles. The highest BCUT2D eigenvalue weighted by Gasteiger charge is 2.20. The number of carbonyl (C=O) groups is 1. The number of anilines is 2. The minimum atomic E-state index is -0.193. The van der Waals surface area contributed by atoms with E-state index in [2.05, 4.69) is 10.4 Å². The van der Waals surface area contributed by atoms with Crippen molar-refractivity contribution in [3.8, 4) is 0 Å². The lowest BCUT2D eigenvalue weighted by Gasteiger charge is -2.22. The molecule has 3 aromatic rings. The van der Waals surface area contributed by atoms with Gasteiger partial charge in [-0.05, 0) is 49.6 Å². The number of rotatable bonds is 4. The average Bonchev–Trinajstić information content (AvgIpc) is 2.95. The van der Waals surface area contributed by atoms with Crippen molar-refractivity contribution in [3.63, 3.8) is 0 Å². The molecule has 28 heavy (non-hydrogen) atoms. The lowest BCUT2D eigenvalue weighted by molar-refractivity contribution is 0.256. The van der Waals surface area contributed by atoms with E-state index in [1.807, 2.05) is 66.2 Å². The first kappa shape index (κ1) is 18.2. The number of hydrogen-bond donors (Lipinski definition) is 1. The number of hydrogen-bond acceptors (Lipinski definition) is 3. The molecule has 2 amide bonds. The number of para-hydroxylation sites is 1. The van der Waals surface area contributed by atoms with E-state index in [1.165, 1.54) is 6.42 Å². The monoisotopic (exact) mass is 375 g/mol. The summed E-state index contributed by atoms with van der Waals surface area (Å²) < 4.78 is 2.00. The number of nitrogens with one attached hydrogen (secondary N) is 1. The van der Waals surface area contributed by atoms with Gasteiger partial charge in [0.1, 0.15) is 5.82 Å². The van der Waals surface area contributed by atoms with Gasteiger partial charge in [-0.2, -0.15) is 5.10 Å². The molecule has 0 aliphatic carbocycles. The highest BCUT2D eigenvalue weighted by atomic mass is 16.2. The fourth-order valence-electron chi connectivity index (χ4n) is 3.52. The van der Waals surface area contributed by atoms with Gasteiger partial charge >= 0.3 is 6.03 Å². The van der Waals surface area contributed by atoms with Crippen LogP contribution in [0.3, 0.4) is 0 Å². The lowest BCUT2D eigenvalue weighted by atomic mass is 10.2. The smallest absolute Gasteiger partial charge is 0.308 e. The Labute approximate surface area is 165 Å². The van der Waals surface area contributed by atoms with Gasteiger partial charge in [0.2, 0.25) is 0 Å². The fraction of sp³-hybridized carbons (Fsp3) is 0.318. The van der Waals surface area contributed by atoms with Gasteiger partial charge in [0.25, 0.3) is 0 Å². The van der Waals surface area contributed by atoms with E-state index in [0.29, 0.717) is 12.4 Å². The molecule has 0 atom stereocenters. The molecule has 0 radical (unpaired) electrons. The van der Waals surface area contributed by atoms with Crippen LogP contribution in [0.1, 0.15) is 36.5 Å². The first-order chi connectivity index (χ1) is 13.7. The zero-order valence-corrected chi connectivity index (χ0v) is 16.1. The van der Waals surface area contributed by atoms with Crippen molar-refractivity contribution in [3.05, 3.63) is 71.8 Å². The van der Waals surface area contributed by atoms with Crippen LogP contribution in [0.15, 0.2) is 54.6 Å². The lowest BCUT2D eigenvalue weighted by Crippen LogP contribution is -2.35. The molecule has 1 aromatic heterocycles. The predicted octanol–water partition coefficient (Wildman–Crippen LogP) is 4.55. The molecule has 0 spiro atoms. The molecule has 1 aliphatic rings. The highest BCUT2D eigenvalue weighted by molar-refractivity contribution is 6.01. The number of aryl methyl sites for hydroxylation is 3. The van der Waals surface area contributed by atoms with Gasteiger partial charge < -0.3 is 5.32 Å². The summed E-state index contributed by atoms with van der Waals surface area (Å²) in [7, 11) is 0. The zero-order valence-electron chi connectivity index (χ0n) is 16.1. The third-order valence-electron chi connectivity index (χ3n) is 4.94. The van der Waals surface area contributed by atoms with Crippen molar-refractivity contribution in [1.82, 2.24) is 14.8 Å². The quantitative estimate of drug-likeness (QED) is 0.727. The summed E-state index contributed by atoms with van der Waals surface area (Å²) in [6.07, 6.45) is 4.45. The second-order valence-corrected chi connectivity index (χ2v) is 7.20. The first-order valence-electron chi connectivity index (χ1n) is 9.82. The van der Waals surface area contributed by atoms with Crippen molar-refractivity contribution in [2.24, 2.45) is 0 Å². The third kappa shape index (κ3) is 4.22. The second-order valence-electron chi connectivity index (χ2n) is 7.20. The molecule has 0 saturated carbocycles. The fourth-order valence-corrected chi connectivity index (χ4v) is 3.52. The van der Waals surface area contributed by atoms with Gasteiger partial charge in [0.15, 0.2) is 5.82 Å². The number of fused-ring (bicyclic) bond motifs is 1. The van der Waals surface area contributed by atoms with E-state index in [9.17, 15) is 4.79 Å². The number of aromatic nitrogens is 3. The van der Waals surface area contributed by atoms with E-state index in [-0.39, 0.29) is 6.03 Å². The summed E-state index contributed by atoms with van der Waals surface area (Å²) in [5, 5.41) is 7.66. The maximum atomic E-state index is 13.1. The molecule has 2 heterocycles. The van der Waals surface area contributed by atoms with Crippen LogP contribution >= 0.6 is 0 Å². The molecule has 144 valence electrons. The molecule has 0 unspecified atom stereocenters. The normalized spacial score (nSPS) is 13.5. The Morgan fingerprint density at radius 2 is 1.96 bits per heavy atom. The van der Waals surface area contributed by atoms with Crippen molar-refractivity contribution in [2.75, 3.05) is 10.2 Å². The van der Waals surface area contributed by atoms with Crippen LogP contribution in [-0.4, -0.2) is 20.8 Å². The third-order valence-corrected chi connectivity index (χ3v) is 4.94. The van der Waals surface area contributed by atoms with Gasteiger partial charge in [-0.1, -0.05) is 36.8 Å². The molecular formula is C22H25N5O. The van der Waals surface area contributed by atoms with E-state index in [4.69, 9.17) is 4.98 Å². The van der Waals surface area contributed by atoms with Crippen LogP contribution < -0.4 is 10.2 Å². The topological polar surface area (TPSA) is 63.1 Å². The van der Waals surface area contributed by atoms with Crippen LogP contribution in [0.4, 0.5) is 16.2 Å². The largest absolute Gasteiger partial charge is 0.326 e. The number of benzene rings is 2. The summed E-state index contributed by atoms with van der Waals surface area (Å²) in [6.45, 7) is 3.25. The standard InChI is InChI=1S/C22H25N5O/c1-17-9-8-10-18(15-17)23-22(28)26(19-11-4-2-5-12-19)16-20-24-21-13-6-3-7-14-27(21)25-20/h2,4-5,8-12,15H,3,6-7,13-14,16H2,1H3,(H,23,28). The van der Waals surface area contributed by atoms with Crippen LogP contribution in [0.5, 0.6) is 0 Å². The van der Waals surface area contributed by atoms with E-state index in [1.54, 1.807) is 4.90 Å². The van der Waals surface area contributed by atoms with E-state index >= 15 is 0 Å². The van der Waals surface area contributed by atoms with Crippen molar-refractivity contribution in [1.29, 1.82) is 0 Å². The van der Waals surface area contributed by atoms with Gasteiger partial charge in [-0.25, -0.2) is 14.5 Å². The Kier molecular flexibility index (Phi) is 5.37. The van der Waals surface area contributed by atoms with Crippen molar-refractivity contribution in [2.45, 2.75) is 45.7 Å². The molecule has 0 fully saturated rings. The van der Waals surface area contributed by atoms with Crippen LogP contribution in [-0.2, 0) is 19.5 Å². The van der Waals surface area contributed by atoms with E-state index in [0.717, 1.165) is 48.6 Å². The summed E-state index contributed by atoms with van der Waals surface area (Å²) in [4.78, 5) is 19.5. The van der Waals surface area contributed by atoms with E-state index < -0.39 is 0 Å². The molecular weight excluding hydrogens is 350 g/mol. The molecule has 0 saturated heterocycles. The molecule has 0 bridgehead atoms. The summed E-state index contributed by atoms with van der Waals surface area (Å²) in [6, 6.07) is 17.3. The van der Waals surface area contributed by atoms with Crippen molar-refractivity contribution < 1.29 is 4.79 Å².